The first kappa shape index (κ1) is 15.8. The number of anilines is 1. The number of halogens is 1. The van der Waals surface area contributed by atoms with Gasteiger partial charge in [-0.3, -0.25) is 0 Å². The number of aromatic nitrogens is 3. The highest BCUT2D eigenvalue weighted by Crippen LogP contribution is 2.36. The largest absolute Gasteiger partial charge is 0.462 e. The molecule has 7 nitrogen and oxygen atoms in total. The molecule has 0 aromatic carbocycles. The number of unbranched alkanes of at least 4 members (excludes halogenated alkanes) is 1. The van der Waals surface area contributed by atoms with Crippen LogP contribution in [-0.2, 0) is 9.53 Å². The summed E-state index contributed by atoms with van der Waals surface area (Å²) in [7, 11) is 0. The second kappa shape index (κ2) is 6.57. The summed E-state index contributed by atoms with van der Waals surface area (Å²) in [5.74, 6) is 0.777. The Morgan fingerprint density at radius 1 is 1.52 bits per heavy atom. The Bertz CT molecular complexity index is 749. The summed E-state index contributed by atoms with van der Waals surface area (Å²) in [4.78, 5) is 16.7. The fourth-order valence-electron chi connectivity index (χ4n) is 2.48. The first-order valence-corrected chi connectivity index (χ1v) is 8.20. The molecule has 23 heavy (non-hydrogen) atoms. The molecule has 0 spiro atoms. The third-order valence-corrected chi connectivity index (χ3v) is 4.04. The van der Waals surface area contributed by atoms with Crippen molar-refractivity contribution < 1.29 is 13.9 Å². The Morgan fingerprint density at radius 2 is 2.35 bits per heavy atom. The van der Waals surface area contributed by atoms with E-state index in [4.69, 9.17) is 9.15 Å². The van der Waals surface area contributed by atoms with E-state index in [1.54, 1.807) is 16.8 Å². The predicted octanol–water partition coefficient (Wildman–Crippen LogP) is 3.27. The van der Waals surface area contributed by atoms with Crippen molar-refractivity contribution in [1.82, 2.24) is 14.8 Å². The molecule has 0 bridgehead atoms. The molecule has 3 rings (SSSR count). The van der Waals surface area contributed by atoms with Crippen molar-refractivity contribution in [3.05, 3.63) is 40.2 Å². The number of fused-ring (bicyclic) bond motifs is 1. The molecule has 3 heterocycles. The van der Waals surface area contributed by atoms with Gasteiger partial charge < -0.3 is 14.5 Å². The van der Waals surface area contributed by atoms with Crippen molar-refractivity contribution in [3.8, 4) is 0 Å². The minimum atomic E-state index is -0.505. The zero-order valence-electron chi connectivity index (χ0n) is 12.9. The molecule has 0 fully saturated rings. The van der Waals surface area contributed by atoms with Gasteiger partial charge in [0.05, 0.1) is 12.2 Å². The first-order chi connectivity index (χ1) is 11.1. The van der Waals surface area contributed by atoms with Crippen molar-refractivity contribution in [1.29, 1.82) is 0 Å². The summed E-state index contributed by atoms with van der Waals surface area (Å²) in [5, 5.41) is 7.30. The average Bonchev–Trinajstić information content (AvgIpc) is 3.14. The smallest absolute Gasteiger partial charge is 0.338 e. The number of furan rings is 1. The molecule has 2 aromatic heterocycles. The summed E-state index contributed by atoms with van der Waals surface area (Å²) < 4.78 is 13.3. The minimum absolute atomic E-state index is 0.373. The van der Waals surface area contributed by atoms with E-state index in [1.807, 2.05) is 13.8 Å². The zero-order valence-corrected chi connectivity index (χ0v) is 14.5. The third kappa shape index (κ3) is 3.03. The van der Waals surface area contributed by atoms with Crippen LogP contribution < -0.4 is 5.32 Å². The van der Waals surface area contributed by atoms with Crippen LogP contribution in [0.4, 0.5) is 5.95 Å². The molecule has 1 N–H and O–H groups in total. The maximum absolute atomic E-state index is 12.6. The third-order valence-electron chi connectivity index (χ3n) is 3.61. The number of hydrogen-bond donors (Lipinski definition) is 1. The quantitative estimate of drug-likeness (QED) is 0.633. The van der Waals surface area contributed by atoms with E-state index in [9.17, 15) is 4.79 Å². The summed E-state index contributed by atoms with van der Waals surface area (Å²) in [6, 6.07) is 3.08. The van der Waals surface area contributed by atoms with Crippen LogP contribution >= 0.6 is 15.9 Å². The van der Waals surface area contributed by atoms with Crippen molar-refractivity contribution in [2.24, 2.45) is 0 Å². The fraction of sp³-hybridized carbons (Fsp3) is 0.400. The highest BCUT2D eigenvalue weighted by molar-refractivity contribution is 9.10. The SMILES string of the molecule is CCCCOC(=O)C1=C(C)Nc2ncnn2C1c1ccc(Br)o1. The Hall–Kier alpha value is -2.09. The van der Waals surface area contributed by atoms with Gasteiger partial charge in [-0.25, -0.2) is 9.48 Å². The number of rotatable bonds is 5. The van der Waals surface area contributed by atoms with E-state index in [1.165, 1.54) is 6.33 Å². The number of nitrogens with one attached hydrogen (secondary N) is 1. The van der Waals surface area contributed by atoms with Gasteiger partial charge in [-0.2, -0.15) is 10.1 Å². The monoisotopic (exact) mass is 380 g/mol. The molecular weight excluding hydrogens is 364 g/mol. The molecule has 0 amide bonds. The minimum Gasteiger partial charge on any atom is -0.462 e. The number of nitrogens with zero attached hydrogens (tertiary/aromatic N) is 3. The van der Waals surface area contributed by atoms with Crippen molar-refractivity contribution >= 4 is 27.8 Å². The van der Waals surface area contributed by atoms with Crippen LogP contribution in [0, 0.1) is 0 Å². The molecule has 0 aliphatic carbocycles. The molecule has 1 aliphatic heterocycles. The molecule has 1 atom stereocenters. The molecule has 1 aliphatic rings. The van der Waals surface area contributed by atoms with Crippen LogP contribution in [0.5, 0.6) is 0 Å². The normalized spacial score (nSPS) is 16.9. The van der Waals surface area contributed by atoms with E-state index >= 15 is 0 Å². The zero-order chi connectivity index (χ0) is 16.4. The lowest BCUT2D eigenvalue weighted by atomic mass is 10.0. The number of carbonyl (C=O) groups excluding carboxylic acids is 1. The summed E-state index contributed by atoms with van der Waals surface area (Å²) in [6.07, 6.45) is 3.23. The number of esters is 1. The maximum atomic E-state index is 12.6. The molecular formula is C15H17BrN4O3. The van der Waals surface area contributed by atoms with Crippen LogP contribution in [-0.4, -0.2) is 27.3 Å². The molecule has 0 saturated heterocycles. The Kier molecular flexibility index (Phi) is 4.51. The van der Waals surface area contributed by atoms with Crippen LogP contribution in [0.15, 0.2) is 38.8 Å². The van der Waals surface area contributed by atoms with E-state index < -0.39 is 6.04 Å². The standard InChI is InChI=1S/C15H17BrN4O3/c1-3-4-7-22-14(21)12-9(2)19-15-17-8-18-20(15)13(12)10-5-6-11(16)23-10/h5-6,8,13H,3-4,7H2,1-2H3,(H,17,18,19). The topological polar surface area (TPSA) is 82.2 Å². The Balaban J connectivity index is 1.98. The molecule has 8 heteroatoms. The summed E-state index contributed by atoms with van der Waals surface area (Å²) in [6.45, 7) is 4.26. The second-order valence-corrected chi connectivity index (χ2v) is 6.01. The van der Waals surface area contributed by atoms with Gasteiger partial charge >= 0.3 is 5.97 Å². The number of allylic oxidation sites excluding steroid dienone is 1. The van der Waals surface area contributed by atoms with Gasteiger partial charge in [-0.1, -0.05) is 13.3 Å². The van der Waals surface area contributed by atoms with E-state index in [0.29, 0.717) is 34.3 Å². The lowest BCUT2D eigenvalue weighted by molar-refractivity contribution is -0.139. The number of ether oxygens (including phenoxy) is 1. The van der Waals surface area contributed by atoms with Crippen LogP contribution in [0.3, 0.4) is 0 Å². The first-order valence-electron chi connectivity index (χ1n) is 7.41. The van der Waals surface area contributed by atoms with E-state index in [-0.39, 0.29) is 5.97 Å². The summed E-state index contributed by atoms with van der Waals surface area (Å²) >= 11 is 3.29. The molecule has 1 unspecified atom stereocenters. The maximum Gasteiger partial charge on any atom is 0.338 e. The average molecular weight is 381 g/mol. The van der Waals surface area contributed by atoms with E-state index in [0.717, 1.165) is 12.8 Å². The van der Waals surface area contributed by atoms with Gasteiger partial charge in [-0.05, 0) is 41.4 Å². The lowest BCUT2D eigenvalue weighted by Gasteiger charge is -2.26. The predicted molar refractivity (Wildman–Crippen MR) is 86.8 cm³/mol. The molecule has 2 aromatic rings. The molecule has 122 valence electrons. The van der Waals surface area contributed by atoms with E-state index in [2.05, 4.69) is 31.3 Å². The van der Waals surface area contributed by atoms with Crippen molar-refractivity contribution in [3.63, 3.8) is 0 Å². The van der Waals surface area contributed by atoms with Crippen LogP contribution in [0.25, 0.3) is 0 Å². The highest BCUT2D eigenvalue weighted by Gasteiger charge is 2.36. The van der Waals surface area contributed by atoms with Crippen molar-refractivity contribution in [2.45, 2.75) is 32.7 Å². The van der Waals surface area contributed by atoms with Gasteiger partial charge in [0.1, 0.15) is 18.1 Å². The van der Waals surface area contributed by atoms with Crippen molar-refractivity contribution in [2.75, 3.05) is 11.9 Å². The van der Waals surface area contributed by atoms with Crippen LogP contribution in [0.1, 0.15) is 38.5 Å². The second-order valence-electron chi connectivity index (χ2n) is 5.23. The number of hydrogen-bond acceptors (Lipinski definition) is 6. The fourth-order valence-corrected chi connectivity index (χ4v) is 2.80. The van der Waals surface area contributed by atoms with Gasteiger partial charge in [0.2, 0.25) is 5.95 Å². The molecule has 0 saturated carbocycles. The molecule has 0 radical (unpaired) electrons. The Morgan fingerprint density at radius 3 is 3.04 bits per heavy atom. The van der Waals surface area contributed by atoms with Gasteiger partial charge in [0, 0.05) is 5.70 Å². The Labute approximate surface area is 141 Å². The van der Waals surface area contributed by atoms with Crippen LogP contribution in [0.2, 0.25) is 0 Å². The highest BCUT2D eigenvalue weighted by atomic mass is 79.9. The summed E-state index contributed by atoms with van der Waals surface area (Å²) in [5.41, 5.74) is 1.16. The van der Waals surface area contributed by atoms with Gasteiger partial charge in [0.15, 0.2) is 4.67 Å². The van der Waals surface area contributed by atoms with Gasteiger partial charge in [0.25, 0.3) is 0 Å². The number of carbonyl (C=O) groups is 1. The lowest BCUT2D eigenvalue weighted by Crippen LogP contribution is -2.29. The van der Waals surface area contributed by atoms with Gasteiger partial charge in [-0.15, -0.1) is 0 Å².